The number of nitrogens with zero attached hydrogens (tertiary/aromatic N) is 2. The first kappa shape index (κ1) is 22.6. The van der Waals surface area contributed by atoms with E-state index < -0.39 is 0 Å². The lowest BCUT2D eigenvalue weighted by molar-refractivity contribution is 0.0954. The maximum Gasteiger partial charge on any atom is 0.251 e. The summed E-state index contributed by atoms with van der Waals surface area (Å²) >= 11 is 0. The van der Waals surface area contributed by atoms with Gasteiger partial charge in [0, 0.05) is 32.2 Å². The summed E-state index contributed by atoms with van der Waals surface area (Å²) in [6, 6.07) is 17.8. The van der Waals surface area contributed by atoms with Gasteiger partial charge < -0.3 is 20.7 Å². The molecule has 0 saturated carbocycles. The molecule has 1 fully saturated rings. The van der Waals surface area contributed by atoms with Crippen LogP contribution in [0.3, 0.4) is 0 Å². The molecule has 1 aliphatic heterocycles. The van der Waals surface area contributed by atoms with E-state index in [1.165, 1.54) is 18.4 Å². The Morgan fingerprint density at radius 2 is 1.68 bits per heavy atom. The van der Waals surface area contributed by atoms with Gasteiger partial charge in [-0.1, -0.05) is 30.3 Å². The third-order valence-corrected chi connectivity index (χ3v) is 5.51. The summed E-state index contributed by atoms with van der Waals surface area (Å²) in [6.45, 7) is 4.08. The van der Waals surface area contributed by atoms with Crippen molar-refractivity contribution in [2.75, 3.05) is 46.9 Å². The molecule has 7 heteroatoms. The minimum atomic E-state index is -0.0704. The predicted octanol–water partition coefficient (Wildman–Crippen LogP) is 2.43. The number of hydrogen-bond donors (Lipinski definition) is 3. The van der Waals surface area contributed by atoms with E-state index >= 15 is 0 Å². The van der Waals surface area contributed by atoms with Crippen LogP contribution in [-0.4, -0.2) is 63.6 Å². The van der Waals surface area contributed by atoms with E-state index in [-0.39, 0.29) is 11.9 Å². The highest BCUT2D eigenvalue weighted by Gasteiger charge is 2.23. The van der Waals surface area contributed by atoms with Crippen LogP contribution in [0.15, 0.2) is 59.6 Å². The molecule has 1 saturated heterocycles. The van der Waals surface area contributed by atoms with Gasteiger partial charge in [0.1, 0.15) is 5.75 Å². The van der Waals surface area contributed by atoms with Crippen molar-refractivity contribution in [3.8, 4) is 5.75 Å². The van der Waals surface area contributed by atoms with Gasteiger partial charge in [0.05, 0.1) is 13.2 Å². The molecule has 3 rings (SSSR count). The molecule has 1 amide bonds. The Labute approximate surface area is 184 Å². The highest BCUT2D eigenvalue weighted by atomic mass is 16.5. The average molecular weight is 424 g/mol. The van der Waals surface area contributed by atoms with Crippen LogP contribution in [-0.2, 0) is 0 Å². The van der Waals surface area contributed by atoms with Gasteiger partial charge >= 0.3 is 0 Å². The van der Waals surface area contributed by atoms with Crippen molar-refractivity contribution in [2.24, 2.45) is 4.99 Å². The van der Waals surface area contributed by atoms with Crippen molar-refractivity contribution in [3.05, 3.63) is 65.7 Å². The first-order valence-electron chi connectivity index (χ1n) is 10.9. The van der Waals surface area contributed by atoms with Gasteiger partial charge in [0.2, 0.25) is 0 Å². The average Bonchev–Trinajstić information content (AvgIpc) is 3.36. The molecule has 1 unspecified atom stereocenters. The fourth-order valence-electron chi connectivity index (χ4n) is 3.80. The van der Waals surface area contributed by atoms with Crippen LogP contribution < -0.4 is 20.7 Å². The van der Waals surface area contributed by atoms with Crippen LogP contribution in [0, 0.1) is 0 Å². The molecule has 3 N–H and O–H groups in total. The molecule has 2 aromatic carbocycles. The quantitative estimate of drug-likeness (QED) is 0.328. The Morgan fingerprint density at radius 3 is 2.32 bits per heavy atom. The second-order valence-corrected chi connectivity index (χ2v) is 7.53. The summed E-state index contributed by atoms with van der Waals surface area (Å²) in [7, 11) is 3.45. The van der Waals surface area contributed by atoms with Crippen molar-refractivity contribution in [1.29, 1.82) is 0 Å². The number of guanidine groups is 1. The molecule has 2 aromatic rings. The number of carbonyl (C=O) groups excluding carboxylic acids is 1. The Kier molecular flexibility index (Phi) is 8.72. The second kappa shape index (κ2) is 12.0. The minimum Gasteiger partial charge on any atom is -0.497 e. The lowest BCUT2D eigenvalue weighted by Crippen LogP contribution is -2.44. The summed E-state index contributed by atoms with van der Waals surface area (Å²) in [4.78, 5) is 19.0. The largest absolute Gasteiger partial charge is 0.497 e. The highest BCUT2D eigenvalue weighted by Crippen LogP contribution is 2.26. The monoisotopic (exact) mass is 423 g/mol. The summed E-state index contributed by atoms with van der Waals surface area (Å²) in [5.74, 6) is 1.53. The number of ether oxygens (including phenoxy) is 1. The van der Waals surface area contributed by atoms with Gasteiger partial charge in [-0.2, -0.15) is 0 Å². The Hall–Kier alpha value is -3.06. The van der Waals surface area contributed by atoms with Crippen LogP contribution in [0.5, 0.6) is 5.75 Å². The Morgan fingerprint density at radius 1 is 1.00 bits per heavy atom. The molecule has 0 aliphatic carbocycles. The smallest absolute Gasteiger partial charge is 0.251 e. The van der Waals surface area contributed by atoms with E-state index in [1.54, 1.807) is 26.3 Å². The molecule has 31 heavy (non-hydrogen) atoms. The zero-order valence-corrected chi connectivity index (χ0v) is 18.4. The maximum absolute atomic E-state index is 12.1. The number of aliphatic imine (C=N–C) groups is 1. The van der Waals surface area contributed by atoms with Gasteiger partial charge in [0.15, 0.2) is 5.96 Å². The van der Waals surface area contributed by atoms with E-state index in [0.29, 0.717) is 18.7 Å². The van der Waals surface area contributed by atoms with E-state index in [9.17, 15) is 4.79 Å². The molecule has 1 atom stereocenters. The van der Waals surface area contributed by atoms with Crippen LogP contribution in [0.2, 0.25) is 0 Å². The normalized spacial score (nSPS) is 15.4. The fourth-order valence-corrected chi connectivity index (χ4v) is 3.80. The van der Waals surface area contributed by atoms with Gasteiger partial charge in [-0.25, -0.2) is 0 Å². The van der Waals surface area contributed by atoms with Crippen LogP contribution in [0.1, 0.15) is 34.8 Å². The molecule has 7 nitrogen and oxygen atoms in total. The number of carbonyl (C=O) groups is 1. The molecule has 0 aromatic heterocycles. The SMILES string of the molecule is CN=C(NCCNC(=O)c1ccccc1)NCC(c1ccc(OC)cc1)N1CCCC1. The van der Waals surface area contributed by atoms with Crippen LogP contribution in [0.25, 0.3) is 0 Å². The van der Waals surface area contributed by atoms with Gasteiger partial charge in [0.25, 0.3) is 5.91 Å². The topological polar surface area (TPSA) is 78.0 Å². The predicted molar refractivity (Wildman–Crippen MR) is 125 cm³/mol. The molecular weight excluding hydrogens is 390 g/mol. The number of amides is 1. The molecule has 1 heterocycles. The molecule has 1 aliphatic rings. The van der Waals surface area contributed by atoms with Crippen molar-refractivity contribution < 1.29 is 9.53 Å². The van der Waals surface area contributed by atoms with E-state index in [4.69, 9.17) is 4.74 Å². The number of benzene rings is 2. The Balaban J connectivity index is 1.49. The number of likely N-dealkylation sites (tertiary alicyclic amines) is 1. The maximum atomic E-state index is 12.1. The zero-order valence-electron chi connectivity index (χ0n) is 18.4. The summed E-state index contributed by atoms with van der Waals surface area (Å²) in [5.41, 5.74) is 1.93. The highest BCUT2D eigenvalue weighted by molar-refractivity contribution is 5.94. The van der Waals surface area contributed by atoms with E-state index in [2.05, 4.69) is 38.0 Å². The van der Waals surface area contributed by atoms with Crippen molar-refractivity contribution >= 4 is 11.9 Å². The van der Waals surface area contributed by atoms with Gasteiger partial charge in [-0.05, 0) is 55.8 Å². The van der Waals surface area contributed by atoms with Crippen LogP contribution >= 0.6 is 0 Å². The van der Waals surface area contributed by atoms with E-state index in [1.807, 2.05) is 30.3 Å². The molecule has 166 valence electrons. The second-order valence-electron chi connectivity index (χ2n) is 7.53. The van der Waals surface area contributed by atoms with Crippen LogP contribution in [0.4, 0.5) is 0 Å². The van der Waals surface area contributed by atoms with Crippen molar-refractivity contribution in [2.45, 2.75) is 18.9 Å². The lowest BCUT2D eigenvalue weighted by Gasteiger charge is -2.29. The molecule has 0 spiro atoms. The molecule has 0 radical (unpaired) electrons. The van der Waals surface area contributed by atoms with E-state index in [0.717, 1.165) is 31.3 Å². The number of nitrogens with one attached hydrogen (secondary N) is 3. The zero-order chi connectivity index (χ0) is 21.9. The lowest BCUT2D eigenvalue weighted by atomic mass is 10.1. The molecule has 0 bridgehead atoms. The third kappa shape index (κ3) is 6.72. The number of hydrogen-bond acceptors (Lipinski definition) is 4. The first-order chi connectivity index (χ1) is 15.2. The van der Waals surface area contributed by atoms with Crippen molar-refractivity contribution in [3.63, 3.8) is 0 Å². The van der Waals surface area contributed by atoms with Gasteiger partial charge in [-0.15, -0.1) is 0 Å². The van der Waals surface area contributed by atoms with Gasteiger partial charge in [-0.3, -0.25) is 14.7 Å². The summed E-state index contributed by atoms with van der Waals surface area (Å²) < 4.78 is 5.30. The van der Waals surface area contributed by atoms with Crippen molar-refractivity contribution in [1.82, 2.24) is 20.9 Å². The first-order valence-corrected chi connectivity index (χ1v) is 10.9. The fraction of sp³-hybridized carbons (Fsp3) is 0.417. The minimum absolute atomic E-state index is 0.0704. The number of rotatable bonds is 9. The summed E-state index contributed by atoms with van der Waals surface area (Å²) in [6.07, 6.45) is 2.47. The molecular formula is C24H33N5O2. The standard InChI is InChI=1S/C24H33N5O2/c1-25-24(27-15-14-26-23(30)20-8-4-3-5-9-20)28-18-22(29-16-6-7-17-29)19-10-12-21(31-2)13-11-19/h3-5,8-13,22H,6-7,14-18H2,1-2H3,(H,26,30)(H2,25,27,28). The third-order valence-electron chi connectivity index (χ3n) is 5.51. The summed E-state index contributed by atoms with van der Waals surface area (Å²) in [5, 5.41) is 9.64. The number of methoxy groups -OCH3 is 1. The Bertz CT molecular complexity index is 833.